The van der Waals surface area contributed by atoms with Crippen LogP contribution in [0.1, 0.15) is 12.8 Å². The van der Waals surface area contributed by atoms with Crippen molar-refractivity contribution in [2.24, 2.45) is 0 Å². The number of halogens is 2. The summed E-state index contributed by atoms with van der Waals surface area (Å²) in [6.07, 6.45) is 3.57. The molecule has 0 spiro atoms. The zero-order valence-corrected chi connectivity index (χ0v) is 11.9. The zero-order valence-electron chi connectivity index (χ0n) is 11.9. The van der Waals surface area contributed by atoms with E-state index in [2.05, 4.69) is 15.5 Å². The van der Waals surface area contributed by atoms with Crippen LogP contribution in [0.2, 0.25) is 0 Å². The summed E-state index contributed by atoms with van der Waals surface area (Å²) in [4.78, 5) is 13.9. The van der Waals surface area contributed by atoms with E-state index < -0.39 is 11.6 Å². The molecular formula is C15H16F2N4O. The van der Waals surface area contributed by atoms with Crippen LogP contribution in [-0.4, -0.2) is 40.6 Å². The molecule has 0 bridgehead atoms. The van der Waals surface area contributed by atoms with Crippen LogP contribution in [0.15, 0.2) is 24.4 Å². The van der Waals surface area contributed by atoms with E-state index in [0.717, 1.165) is 38.1 Å². The van der Waals surface area contributed by atoms with Gasteiger partial charge in [0, 0.05) is 11.9 Å². The van der Waals surface area contributed by atoms with Gasteiger partial charge in [0.2, 0.25) is 5.91 Å². The molecule has 0 radical (unpaired) electrons. The Labute approximate surface area is 126 Å². The van der Waals surface area contributed by atoms with Crippen molar-refractivity contribution in [3.8, 4) is 11.3 Å². The van der Waals surface area contributed by atoms with E-state index in [9.17, 15) is 13.6 Å². The van der Waals surface area contributed by atoms with E-state index in [1.54, 1.807) is 0 Å². The molecule has 1 amide bonds. The van der Waals surface area contributed by atoms with Crippen LogP contribution in [0.4, 0.5) is 14.5 Å². The number of aromatic amines is 1. The number of nitrogens with zero attached hydrogens (tertiary/aromatic N) is 2. The quantitative estimate of drug-likeness (QED) is 0.912. The van der Waals surface area contributed by atoms with Gasteiger partial charge < -0.3 is 5.32 Å². The fraction of sp³-hybridized carbons (Fsp3) is 0.333. The second-order valence-electron chi connectivity index (χ2n) is 5.32. The van der Waals surface area contributed by atoms with E-state index in [1.807, 2.05) is 4.90 Å². The molecule has 2 N–H and O–H groups in total. The molecule has 2 heterocycles. The van der Waals surface area contributed by atoms with Crippen LogP contribution in [0.3, 0.4) is 0 Å². The Morgan fingerprint density at radius 1 is 1.27 bits per heavy atom. The third-order valence-electron chi connectivity index (χ3n) is 3.66. The molecule has 5 nitrogen and oxygen atoms in total. The van der Waals surface area contributed by atoms with Gasteiger partial charge in [0.1, 0.15) is 11.6 Å². The Balaban J connectivity index is 1.73. The van der Waals surface area contributed by atoms with Crippen molar-refractivity contribution in [2.75, 3.05) is 25.0 Å². The van der Waals surface area contributed by atoms with Gasteiger partial charge in [-0.3, -0.25) is 14.8 Å². The average molecular weight is 306 g/mol. The number of likely N-dealkylation sites (tertiary alicyclic amines) is 1. The second kappa shape index (κ2) is 6.23. The Kier molecular flexibility index (Phi) is 4.15. The topological polar surface area (TPSA) is 61.0 Å². The highest BCUT2D eigenvalue weighted by molar-refractivity contribution is 5.92. The van der Waals surface area contributed by atoms with Gasteiger partial charge in [0.25, 0.3) is 0 Å². The summed E-state index contributed by atoms with van der Waals surface area (Å²) in [5.41, 5.74) is 0.183. The Bertz CT molecular complexity index is 643. The fourth-order valence-corrected chi connectivity index (χ4v) is 2.64. The SMILES string of the molecule is O=C(CN1CCCC1)Nc1cc(F)c(-c2ccn[nH]2)c(F)c1. The molecule has 0 unspecified atom stereocenters. The van der Waals surface area contributed by atoms with Gasteiger partial charge in [-0.2, -0.15) is 5.10 Å². The molecule has 1 fully saturated rings. The van der Waals surface area contributed by atoms with Crippen LogP contribution in [0.5, 0.6) is 0 Å². The van der Waals surface area contributed by atoms with E-state index in [-0.39, 0.29) is 29.4 Å². The van der Waals surface area contributed by atoms with Crippen molar-refractivity contribution >= 4 is 11.6 Å². The number of anilines is 1. The standard InChI is InChI=1S/C15H16F2N4O/c16-11-7-10(19-14(22)9-21-5-1-2-6-21)8-12(17)15(11)13-3-4-18-20-13/h3-4,7-8H,1-2,5-6,9H2,(H,18,20)(H,19,22). The molecular weight excluding hydrogens is 290 g/mol. The Morgan fingerprint density at radius 2 is 1.95 bits per heavy atom. The fourth-order valence-electron chi connectivity index (χ4n) is 2.64. The number of hydrogen-bond donors (Lipinski definition) is 2. The van der Waals surface area contributed by atoms with Gasteiger partial charge in [0.05, 0.1) is 17.8 Å². The van der Waals surface area contributed by atoms with Gasteiger partial charge in [-0.05, 0) is 44.1 Å². The first-order valence-electron chi connectivity index (χ1n) is 7.14. The van der Waals surface area contributed by atoms with Crippen LogP contribution >= 0.6 is 0 Å². The van der Waals surface area contributed by atoms with Crippen molar-refractivity contribution in [1.82, 2.24) is 15.1 Å². The van der Waals surface area contributed by atoms with Crippen molar-refractivity contribution in [3.63, 3.8) is 0 Å². The summed E-state index contributed by atoms with van der Waals surface area (Å²) in [7, 11) is 0. The number of benzene rings is 1. The lowest BCUT2D eigenvalue weighted by atomic mass is 10.1. The number of carbonyl (C=O) groups excluding carboxylic acids is 1. The lowest BCUT2D eigenvalue weighted by Crippen LogP contribution is -2.30. The molecule has 2 aromatic rings. The molecule has 1 aromatic heterocycles. The predicted molar refractivity (Wildman–Crippen MR) is 78.2 cm³/mol. The van der Waals surface area contributed by atoms with Crippen molar-refractivity contribution in [2.45, 2.75) is 12.8 Å². The monoisotopic (exact) mass is 306 g/mol. The smallest absolute Gasteiger partial charge is 0.238 e. The summed E-state index contributed by atoms with van der Waals surface area (Å²) in [6, 6.07) is 3.70. The Hall–Kier alpha value is -2.28. The number of aromatic nitrogens is 2. The maximum absolute atomic E-state index is 14.1. The van der Waals surface area contributed by atoms with Gasteiger partial charge in [0.15, 0.2) is 0 Å². The highest BCUT2D eigenvalue weighted by atomic mass is 19.1. The molecule has 1 aliphatic rings. The number of carbonyl (C=O) groups is 1. The third kappa shape index (κ3) is 3.14. The second-order valence-corrected chi connectivity index (χ2v) is 5.32. The number of H-pyrrole nitrogens is 1. The van der Waals surface area contributed by atoms with Crippen LogP contribution in [0.25, 0.3) is 11.3 Å². The van der Waals surface area contributed by atoms with Crippen LogP contribution in [-0.2, 0) is 4.79 Å². The van der Waals surface area contributed by atoms with Gasteiger partial charge >= 0.3 is 0 Å². The Morgan fingerprint density at radius 3 is 2.55 bits per heavy atom. The third-order valence-corrected chi connectivity index (χ3v) is 3.66. The predicted octanol–water partition coefficient (Wildman–Crippen LogP) is 2.39. The summed E-state index contributed by atoms with van der Waals surface area (Å²) in [5.74, 6) is -1.77. The van der Waals surface area contributed by atoms with Gasteiger partial charge in [-0.15, -0.1) is 0 Å². The van der Waals surface area contributed by atoms with E-state index in [1.165, 1.54) is 12.3 Å². The molecule has 3 rings (SSSR count). The lowest BCUT2D eigenvalue weighted by molar-refractivity contribution is -0.117. The minimum Gasteiger partial charge on any atom is -0.325 e. The minimum atomic E-state index is -0.749. The average Bonchev–Trinajstić information content (AvgIpc) is 3.11. The first-order chi connectivity index (χ1) is 10.6. The molecule has 1 aromatic carbocycles. The molecule has 0 aliphatic carbocycles. The molecule has 7 heteroatoms. The minimum absolute atomic E-state index is 0.113. The largest absolute Gasteiger partial charge is 0.325 e. The summed E-state index contributed by atoms with van der Waals surface area (Å²) in [5, 5.41) is 8.73. The highest BCUT2D eigenvalue weighted by Gasteiger charge is 2.18. The molecule has 22 heavy (non-hydrogen) atoms. The molecule has 1 saturated heterocycles. The maximum atomic E-state index is 14.1. The van der Waals surface area contributed by atoms with Crippen molar-refractivity contribution in [3.05, 3.63) is 36.0 Å². The number of nitrogens with one attached hydrogen (secondary N) is 2. The van der Waals surface area contributed by atoms with Crippen molar-refractivity contribution < 1.29 is 13.6 Å². The van der Waals surface area contributed by atoms with Crippen LogP contribution < -0.4 is 5.32 Å². The summed E-state index contributed by atoms with van der Waals surface area (Å²) >= 11 is 0. The summed E-state index contributed by atoms with van der Waals surface area (Å²) in [6.45, 7) is 2.01. The molecule has 116 valence electrons. The van der Waals surface area contributed by atoms with E-state index in [0.29, 0.717) is 0 Å². The highest BCUT2D eigenvalue weighted by Crippen LogP contribution is 2.27. The first kappa shape index (κ1) is 14.6. The first-order valence-corrected chi connectivity index (χ1v) is 7.14. The zero-order chi connectivity index (χ0) is 15.5. The van der Waals surface area contributed by atoms with Gasteiger partial charge in [-0.25, -0.2) is 8.78 Å². The molecule has 0 atom stereocenters. The molecule has 1 aliphatic heterocycles. The maximum Gasteiger partial charge on any atom is 0.238 e. The summed E-state index contributed by atoms with van der Waals surface area (Å²) < 4.78 is 28.2. The lowest BCUT2D eigenvalue weighted by Gasteiger charge is -2.14. The normalized spacial score (nSPS) is 15.2. The number of rotatable bonds is 4. The van der Waals surface area contributed by atoms with Crippen LogP contribution in [0, 0.1) is 11.6 Å². The van der Waals surface area contributed by atoms with Gasteiger partial charge in [-0.1, -0.05) is 0 Å². The van der Waals surface area contributed by atoms with Crippen molar-refractivity contribution in [1.29, 1.82) is 0 Å². The van der Waals surface area contributed by atoms with E-state index in [4.69, 9.17) is 0 Å². The van der Waals surface area contributed by atoms with E-state index >= 15 is 0 Å². The molecule has 0 saturated carbocycles. The number of hydrogen-bond acceptors (Lipinski definition) is 3. The number of amides is 1.